The number of benzene rings is 3. The number of halogens is 1. The first-order valence-electron chi connectivity index (χ1n) is 10.6. The number of anilines is 1. The summed E-state index contributed by atoms with van der Waals surface area (Å²) in [5, 5.41) is 11.4. The van der Waals surface area contributed by atoms with Gasteiger partial charge in [-0.3, -0.25) is 14.5 Å². The van der Waals surface area contributed by atoms with Gasteiger partial charge in [0, 0.05) is 5.56 Å². The first kappa shape index (κ1) is 21.8. The molecule has 1 aliphatic heterocycles. The van der Waals surface area contributed by atoms with Crippen LogP contribution < -0.4 is 9.64 Å². The molecule has 34 heavy (non-hydrogen) atoms. The fourth-order valence-corrected chi connectivity index (χ4v) is 5.02. The van der Waals surface area contributed by atoms with E-state index in [1.165, 1.54) is 23.1 Å². The van der Waals surface area contributed by atoms with Crippen LogP contribution in [0.5, 0.6) is 5.75 Å². The molecule has 1 saturated heterocycles. The first-order valence-corrected chi connectivity index (χ1v) is 11.4. The highest BCUT2D eigenvalue weighted by atomic mass is 32.1. The van der Waals surface area contributed by atoms with Crippen molar-refractivity contribution >= 4 is 44.1 Å². The Balaban J connectivity index is 1.67. The quantitative estimate of drug-likeness (QED) is 0.236. The Kier molecular flexibility index (Phi) is 5.59. The number of amides is 1. The van der Waals surface area contributed by atoms with Gasteiger partial charge in [-0.1, -0.05) is 41.7 Å². The van der Waals surface area contributed by atoms with E-state index < -0.39 is 23.5 Å². The van der Waals surface area contributed by atoms with Gasteiger partial charge in [0.05, 0.1) is 28.4 Å². The molecule has 1 amide bonds. The van der Waals surface area contributed by atoms with Crippen LogP contribution in [0.15, 0.2) is 78.4 Å². The number of aliphatic hydroxyl groups is 1. The Hall–Kier alpha value is -4.04. The number of hydrogen-bond acceptors (Lipinski definition) is 6. The van der Waals surface area contributed by atoms with Crippen LogP contribution in [0, 0.1) is 5.82 Å². The smallest absolute Gasteiger partial charge is 0.301 e. The second-order valence-corrected chi connectivity index (χ2v) is 8.65. The molecule has 0 radical (unpaired) electrons. The first-order chi connectivity index (χ1) is 16.5. The molecule has 6 nitrogen and oxygen atoms in total. The maximum Gasteiger partial charge on any atom is 0.301 e. The molecule has 170 valence electrons. The lowest BCUT2D eigenvalue weighted by Gasteiger charge is -2.22. The molecule has 0 spiro atoms. The monoisotopic (exact) mass is 474 g/mol. The summed E-state index contributed by atoms with van der Waals surface area (Å²) in [7, 11) is 0. The minimum Gasteiger partial charge on any atom is -0.507 e. The zero-order chi connectivity index (χ0) is 23.8. The summed E-state index contributed by atoms with van der Waals surface area (Å²) < 4.78 is 19.7. The van der Waals surface area contributed by atoms with Crippen LogP contribution in [0.3, 0.4) is 0 Å². The summed E-state index contributed by atoms with van der Waals surface area (Å²) in [5.41, 5.74) is 1.50. The number of fused-ring (bicyclic) bond motifs is 1. The minimum atomic E-state index is -0.891. The maximum atomic E-state index is 13.7. The lowest BCUT2D eigenvalue weighted by Crippen LogP contribution is -2.29. The average molecular weight is 475 g/mol. The zero-order valence-corrected chi connectivity index (χ0v) is 18.9. The molecule has 8 heteroatoms. The molecule has 5 rings (SSSR count). The van der Waals surface area contributed by atoms with Crippen LogP contribution in [-0.2, 0) is 9.59 Å². The lowest BCUT2D eigenvalue weighted by molar-refractivity contribution is -0.132. The van der Waals surface area contributed by atoms with Crippen LogP contribution >= 0.6 is 11.3 Å². The molecule has 1 aliphatic rings. The van der Waals surface area contributed by atoms with E-state index in [9.17, 15) is 19.1 Å². The summed E-state index contributed by atoms with van der Waals surface area (Å²) in [5.74, 6) is -1.70. The largest absolute Gasteiger partial charge is 0.507 e. The van der Waals surface area contributed by atoms with Gasteiger partial charge in [-0.15, -0.1) is 0 Å². The molecule has 4 aromatic rings. The fourth-order valence-electron chi connectivity index (χ4n) is 4.00. The van der Waals surface area contributed by atoms with E-state index in [0.29, 0.717) is 33.7 Å². The molecule has 3 aromatic carbocycles. The number of aliphatic hydroxyl groups excluding tert-OH is 1. The van der Waals surface area contributed by atoms with Gasteiger partial charge in [0.2, 0.25) is 0 Å². The standard InChI is InChI=1S/C26H19FN2O4S/c1-2-33-18-11-8-16(9-12-18)23(30)21-22(15-6-4-3-5-7-15)29(25(32)24(21)31)26-28-19-13-10-17(27)14-20(19)34-26/h3-14,22,30H,2H2,1H3/t22-/m0/s1. The van der Waals surface area contributed by atoms with Gasteiger partial charge in [0.25, 0.3) is 5.78 Å². The molecule has 0 unspecified atom stereocenters. The second-order valence-electron chi connectivity index (χ2n) is 7.65. The van der Waals surface area contributed by atoms with Crippen molar-refractivity contribution in [1.29, 1.82) is 0 Å². The number of hydrogen-bond donors (Lipinski definition) is 1. The van der Waals surface area contributed by atoms with E-state index in [0.717, 1.165) is 11.3 Å². The van der Waals surface area contributed by atoms with Crippen molar-refractivity contribution in [3.05, 3.63) is 95.3 Å². The number of ether oxygens (including phenoxy) is 1. The lowest BCUT2D eigenvalue weighted by atomic mass is 9.95. The third-order valence-electron chi connectivity index (χ3n) is 5.54. The van der Waals surface area contributed by atoms with Crippen molar-refractivity contribution in [1.82, 2.24) is 4.98 Å². The number of nitrogens with zero attached hydrogens (tertiary/aromatic N) is 2. The van der Waals surface area contributed by atoms with Crippen LogP contribution in [0.4, 0.5) is 9.52 Å². The highest BCUT2D eigenvalue weighted by Gasteiger charge is 2.48. The third-order valence-corrected chi connectivity index (χ3v) is 6.56. The molecule has 1 N–H and O–H groups in total. The minimum absolute atomic E-state index is 0.0363. The molecule has 0 aliphatic carbocycles. The molecule has 1 fully saturated rings. The van der Waals surface area contributed by atoms with Crippen molar-refractivity contribution < 1.29 is 23.8 Å². The molecule has 0 bridgehead atoms. The fraction of sp³-hybridized carbons (Fsp3) is 0.115. The van der Waals surface area contributed by atoms with Gasteiger partial charge >= 0.3 is 5.91 Å². The van der Waals surface area contributed by atoms with E-state index in [-0.39, 0.29) is 16.5 Å². The van der Waals surface area contributed by atoms with Crippen molar-refractivity contribution in [3.8, 4) is 5.75 Å². The van der Waals surface area contributed by atoms with Crippen LogP contribution in [-0.4, -0.2) is 28.4 Å². The summed E-state index contributed by atoms with van der Waals surface area (Å²) in [4.78, 5) is 32.2. The zero-order valence-electron chi connectivity index (χ0n) is 18.1. The summed E-state index contributed by atoms with van der Waals surface area (Å²) in [6.07, 6.45) is 0. The molecule has 1 aromatic heterocycles. The van der Waals surface area contributed by atoms with Crippen molar-refractivity contribution in [2.45, 2.75) is 13.0 Å². The van der Waals surface area contributed by atoms with Crippen LogP contribution in [0.2, 0.25) is 0 Å². The van der Waals surface area contributed by atoms with E-state index in [4.69, 9.17) is 4.74 Å². The van der Waals surface area contributed by atoms with E-state index in [2.05, 4.69) is 4.98 Å². The summed E-state index contributed by atoms with van der Waals surface area (Å²) in [6.45, 7) is 2.36. The highest BCUT2D eigenvalue weighted by molar-refractivity contribution is 7.22. The van der Waals surface area contributed by atoms with E-state index in [1.54, 1.807) is 48.5 Å². The van der Waals surface area contributed by atoms with E-state index >= 15 is 0 Å². The molecule has 2 heterocycles. The van der Waals surface area contributed by atoms with Crippen molar-refractivity contribution in [3.63, 3.8) is 0 Å². The van der Waals surface area contributed by atoms with Crippen LogP contribution in [0.1, 0.15) is 24.1 Å². The van der Waals surface area contributed by atoms with Gasteiger partial charge in [0.1, 0.15) is 17.3 Å². The van der Waals surface area contributed by atoms with Gasteiger partial charge in [-0.2, -0.15) is 0 Å². The average Bonchev–Trinajstić information content (AvgIpc) is 3.37. The number of carbonyl (C=O) groups excluding carboxylic acids is 2. The number of ketones is 1. The van der Waals surface area contributed by atoms with Crippen molar-refractivity contribution in [2.75, 3.05) is 11.5 Å². The Morgan fingerprint density at radius 2 is 1.82 bits per heavy atom. The highest BCUT2D eigenvalue weighted by Crippen LogP contribution is 2.44. The van der Waals surface area contributed by atoms with Gasteiger partial charge in [-0.25, -0.2) is 9.37 Å². The maximum absolute atomic E-state index is 13.7. The molecular weight excluding hydrogens is 455 g/mol. The number of thiazole rings is 1. The number of aromatic nitrogens is 1. The molecule has 0 saturated carbocycles. The van der Waals surface area contributed by atoms with Gasteiger partial charge < -0.3 is 9.84 Å². The predicted molar refractivity (Wildman–Crippen MR) is 128 cm³/mol. The molecule has 1 atom stereocenters. The number of rotatable bonds is 5. The summed E-state index contributed by atoms with van der Waals surface area (Å²) in [6, 6.07) is 18.9. The van der Waals surface area contributed by atoms with Gasteiger partial charge in [0.15, 0.2) is 5.13 Å². The second kappa shape index (κ2) is 8.72. The Morgan fingerprint density at radius 3 is 2.53 bits per heavy atom. The SMILES string of the molecule is CCOc1ccc(C(O)=C2C(=O)C(=O)N(c3nc4ccc(F)cc4s3)[C@H]2c2ccccc2)cc1. The molecular formula is C26H19FN2O4S. The Morgan fingerprint density at radius 1 is 1.09 bits per heavy atom. The van der Waals surface area contributed by atoms with Gasteiger partial charge in [-0.05, 0) is 55.0 Å². The predicted octanol–water partition coefficient (Wildman–Crippen LogP) is 5.46. The van der Waals surface area contributed by atoms with Crippen molar-refractivity contribution in [2.24, 2.45) is 0 Å². The topological polar surface area (TPSA) is 79.7 Å². The van der Waals surface area contributed by atoms with E-state index in [1.807, 2.05) is 13.0 Å². The normalized spacial score (nSPS) is 17.5. The number of carbonyl (C=O) groups is 2. The Bertz CT molecular complexity index is 1430. The third kappa shape index (κ3) is 3.72. The van der Waals surface area contributed by atoms with Crippen LogP contribution in [0.25, 0.3) is 16.0 Å². The number of Topliss-reactive ketones (excluding diaryl/α,β-unsaturated/α-hetero) is 1. The Labute approximate surface area is 198 Å². The summed E-state index contributed by atoms with van der Waals surface area (Å²) >= 11 is 1.11.